The molecular weight excluding hydrogens is 234 g/mol. The van der Waals surface area contributed by atoms with E-state index in [2.05, 4.69) is 22.1 Å². The number of rotatable bonds is 2. The van der Waals surface area contributed by atoms with E-state index >= 15 is 0 Å². The van der Waals surface area contributed by atoms with Crippen molar-refractivity contribution in [3.63, 3.8) is 0 Å². The van der Waals surface area contributed by atoms with E-state index in [4.69, 9.17) is 4.98 Å². The van der Waals surface area contributed by atoms with Gasteiger partial charge in [0.2, 0.25) is 0 Å². The molecule has 0 N–H and O–H groups in total. The quantitative estimate of drug-likeness (QED) is 0.815. The van der Waals surface area contributed by atoms with Gasteiger partial charge in [0.05, 0.1) is 0 Å². The summed E-state index contributed by atoms with van der Waals surface area (Å²) < 4.78 is 0. The van der Waals surface area contributed by atoms with Gasteiger partial charge in [0.1, 0.15) is 11.6 Å². The van der Waals surface area contributed by atoms with E-state index in [0.29, 0.717) is 5.92 Å². The second kappa shape index (κ2) is 5.47. The van der Waals surface area contributed by atoms with Gasteiger partial charge in [0.15, 0.2) is 5.82 Å². The molecule has 1 aromatic carbocycles. The van der Waals surface area contributed by atoms with Crippen LogP contribution in [0.3, 0.4) is 0 Å². The van der Waals surface area contributed by atoms with Crippen LogP contribution in [-0.4, -0.2) is 15.0 Å². The largest absolute Gasteiger partial charge is 0.218 e. The van der Waals surface area contributed by atoms with Gasteiger partial charge in [-0.3, -0.25) is 0 Å². The molecule has 1 heterocycles. The van der Waals surface area contributed by atoms with Gasteiger partial charge >= 0.3 is 0 Å². The SMILES string of the molecule is Cc1nc(-c2ccccc2)nc(C2CCCCC2)n1. The molecule has 0 bridgehead atoms. The molecule has 1 fully saturated rings. The summed E-state index contributed by atoms with van der Waals surface area (Å²) in [6.45, 7) is 1.96. The van der Waals surface area contributed by atoms with Gasteiger partial charge in [-0.05, 0) is 19.8 Å². The van der Waals surface area contributed by atoms with Crippen LogP contribution in [0.4, 0.5) is 0 Å². The van der Waals surface area contributed by atoms with Crippen molar-refractivity contribution in [1.29, 1.82) is 0 Å². The lowest BCUT2D eigenvalue weighted by Crippen LogP contribution is -2.11. The molecule has 3 heteroatoms. The highest BCUT2D eigenvalue weighted by Gasteiger charge is 2.19. The number of nitrogens with zero attached hydrogens (tertiary/aromatic N) is 3. The van der Waals surface area contributed by atoms with E-state index in [0.717, 1.165) is 23.0 Å². The molecule has 1 saturated carbocycles. The van der Waals surface area contributed by atoms with Crippen LogP contribution in [-0.2, 0) is 0 Å². The second-order valence-corrected chi connectivity index (χ2v) is 5.27. The van der Waals surface area contributed by atoms with Gasteiger partial charge < -0.3 is 0 Å². The Labute approximate surface area is 114 Å². The topological polar surface area (TPSA) is 38.7 Å². The molecule has 0 unspecified atom stereocenters. The van der Waals surface area contributed by atoms with Crippen LogP contribution >= 0.6 is 0 Å². The zero-order chi connectivity index (χ0) is 13.1. The molecule has 3 nitrogen and oxygen atoms in total. The van der Waals surface area contributed by atoms with Crippen LogP contribution in [0.25, 0.3) is 11.4 Å². The summed E-state index contributed by atoms with van der Waals surface area (Å²) in [6, 6.07) is 10.2. The fourth-order valence-electron chi connectivity index (χ4n) is 2.76. The van der Waals surface area contributed by atoms with Crippen LogP contribution in [0.1, 0.15) is 49.7 Å². The highest BCUT2D eigenvalue weighted by atomic mass is 15.0. The van der Waals surface area contributed by atoms with Gasteiger partial charge in [-0.25, -0.2) is 15.0 Å². The van der Waals surface area contributed by atoms with Crippen LogP contribution in [0.15, 0.2) is 30.3 Å². The summed E-state index contributed by atoms with van der Waals surface area (Å²) in [4.78, 5) is 13.7. The fourth-order valence-corrected chi connectivity index (χ4v) is 2.76. The van der Waals surface area contributed by atoms with Crippen molar-refractivity contribution in [2.75, 3.05) is 0 Å². The lowest BCUT2D eigenvalue weighted by Gasteiger charge is -2.20. The van der Waals surface area contributed by atoms with E-state index in [-0.39, 0.29) is 0 Å². The number of benzene rings is 1. The molecule has 2 aromatic rings. The maximum absolute atomic E-state index is 4.71. The lowest BCUT2D eigenvalue weighted by molar-refractivity contribution is 0.427. The van der Waals surface area contributed by atoms with Gasteiger partial charge in [0, 0.05) is 11.5 Å². The predicted octanol–water partition coefficient (Wildman–Crippen LogP) is 3.89. The minimum atomic E-state index is 0.526. The molecule has 1 aliphatic carbocycles. The fraction of sp³-hybridized carbons (Fsp3) is 0.438. The summed E-state index contributed by atoms with van der Waals surface area (Å²) in [5, 5.41) is 0. The first kappa shape index (κ1) is 12.3. The van der Waals surface area contributed by atoms with Gasteiger partial charge in [-0.15, -0.1) is 0 Å². The number of aromatic nitrogens is 3. The minimum Gasteiger partial charge on any atom is -0.218 e. The molecule has 1 aromatic heterocycles. The lowest BCUT2D eigenvalue weighted by atomic mass is 9.88. The Kier molecular flexibility index (Phi) is 3.53. The van der Waals surface area contributed by atoms with E-state index in [1.54, 1.807) is 0 Å². The molecule has 0 atom stereocenters. The van der Waals surface area contributed by atoms with Crippen molar-refractivity contribution in [2.24, 2.45) is 0 Å². The van der Waals surface area contributed by atoms with Crippen molar-refractivity contribution in [3.8, 4) is 11.4 Å². The molecule has 0 amide bonds. The van der Waals surface area contributed by atoms with Gasteiger partial charge in [-0.1, -0.05) is 49.6 Å². The molecule has 1 aliphatic rings. The Morgan fingerprint density at radius 2 is 1.63 bits per heavy atom. The Bertz CT molecular complexity index is 545. The van der Waals surface area contributed by atoms with Crippen LogP contribution < -0.4 is 0 Å². The van der Waals surface area contributed by atoms with Crippen LogP contribution in [0.5, 0.6) is 0 Å². The minimum absolute atomic E-state index is 0.526. The summed E-state index contributed by atoms with van der Waals surface area (Å²) >= 11 is 0. The first-order valence-electron chi connectivity index (χ1n) is 7.11. The molecule has 0 aliphatic heterocycles. The summed E-state index contributed by atoms with van der Waals surface area (Å²) in [7, 11) is 0. The molecule has 0 saturated heterocycles. The third-order valence-corrected chi connectivity index (χ3v) is 3.77. The molecule has 19 heavy (non-hydrogen) atoms. The normalized spacial score (nSPS) is 16.5. The molecule has 0 spiro atoms. The van der Waals surface area contributed by atoms with Crippen molar-refractivity contribution in [2.45, 2.75) is 44.9 Å². The second-order valence-electron chi connectivity index (χ2n) is 5.27. The predicted molar refractivity (Wildman–Crippen MR) is 75.8 cm³/mol. The Hall–Kier alpha value is -1.77. The average Bonchev–Trinajstić information content (AvgIpc) is 2.48. The molecule has 3 rings (SSSR count). The first-order valence-corrected chi connectivity index (χ1v) is 7.11. The smallest absolute Gasteiger partial charge is 0.163 e. The van der Waals surface area contributed by atoms with Crippen molar-refractivity contribution >= 4 is 0 Å². The molecule has 98 valence electrons. The number of aryl methyl sites for hydroxylation is 1. The van der Waals surface area contributed by atoms with Crippen LogP contribution in [0.2, 0.25) is 0 Å². The first-order chi connectivity index (χ1) is 9.33. The highest BCUT2D eigenvalue weighted by molar-refractivity contribution is 5.54. The summed E-state index contributed by atoms with van der Waals surface area (Å²) in [5.41, 5.74) is 1.07. The number of hydrogen-bond donors (Lipinski definition) is 0. The standard InChI is InChI=1S/C16H19N3/c1-12-17-15(13-8-4-2-5-9-13)19-16(18-12)14-10-6-3-7-11-14/h2,4-5,8-9,14H,3,6-7,10-11H2,1H3. The van der Waals surface area contributed by atoms with Crippen molar-refractivity contribution in [3.05, 3.63) is 42.0 Å². The highest BCUT2D eigenvalue weighted by Crippen LogP contribution is 2.31. The zero-order valence-corrected chi connectivity index (χ0v) is 11.3. The maximum Gasteiger partial charge on any atom is 0.163 e. The average molecular weight is 253 g/mol. The Balaban J connectivity index is 1.96. The van der Waals surface area contributed by atoms with Gasteiger partial charge in [-0.2, -0.15) is 0 Å². The van der Waals surface area contributed by atoms with Crippen molar-refractivity contribution < 1.29 is 0 Å². The monoisotopic (exact) mass is 253 g/mol. The van der Waals surface area contributed by atoms with Crippen LogP contribution in [0, 0.1) is 6.92 Å². The van der Waals surface area contributed by atoms with E-state index < -0.39 is 0 Å². The zero-order valence-electron chi connectivity index (χ0n) is 11.3. The third-order valence-electron chi connectivity index (χ3n) is 3.77. The Morgan fingerprint density at radius 1 is 0.895 bits per heavy atom. The summed E-state index contributed by atoms with van der Waals surface area (Å²) in [6.07, 6.45) is 6.40. The van der Waals surface area contributed by atoms with Crippen molar-refractivity contribution in [1.82, 2.24) is 15.0 Å². The van der Waals surface area contributed by atoms with E-state index in [1.165, 1.54) is 32.1 Å². The summed E-state index contributed by atoms with van der Waals surface area (Å²) in [5.74, 6) is 3.16. The molecule has 0 radical (unpaired) electrons. The van der Waals surface area contributed by atoms with E-state index in [9.17, 15) is 0 Å². The Morgan fingerprint density at radius 3 is 2.37 bits per heavy atom. The third kappa shape index (κ3) is 2.80. The van der Waals surface area contributed by atoms with Gasteiger partial charge in [0.25, 0.3) is 0 Å². The number of hydrogen-bond acceptors (Lipinski definition) is 3. The van der Waals surface area contributed by atoms with E-state index in [1.807, 2.05) is 25.1 Å². The molecular formula is C16H19N3. The maximum atomic E-state index is 4.71.